The van der Waals surface area contributed by atoms with Crippen molar-refractivity contribution in [3.05, 3.63) is 59.7 Å². The second kappa shape index (κ2) is 4.58. The zero-order chi connectivity index (χ0) is 15.9. The Balaban J connectivity index is 2.09. The number of aryl methyl sites for hydroxylation is 2. The first kappa shape index (κ1) is 8.97. The zero-order valence-corrected chi connectivity index (χ0v) is 11.2. The summed E-state index contributed by atoms with van der Waals surface area (Å²) >= 11 is 0. The summed E-state index contributed by atoms with van der Waals surface area (Å²) in [5.74, 6) is 3.12. The third-order valence-corrected chi connectivity index (χ3v) is 3.51. The van der Waals surface area contributed by atoms with Crippen LogP contribution in [0, 0.1) is 6.85 Å². The highest BCUT2D eigenvalue weighted by Crippen LogP contribution is 2.32. The number of hydrogen-bond donors (Lipinski definition) is 0. The average molecular weight is 252 g/mol. The van der Waals surface area contributed by atoms with E-state index in [9.17, 15) is 0 Å². The van der Waals surface area contributed by atoms with E-state index >= 15 is 0 Å². The van der Waals surface area contributed by atoms with Crippen LogP contribution in [0.25, 0.3) is 6.08 Å². The molecule has 0 bridgehead atoms. The van der Waals surface area contributed by atoms with Gasteiger partial charge in [-0.1, -0.05) is 30.3 Å². The Bertz CT molecular complexity index is 740. The van der Waals surface area contributed by atoms with E-state index in [0.29, 0.717) is 5.56 Å². The molecule has 0 radical (unpaired) electrons. The molecule has 1 aliphatic rings. The van der Waals surface area contributed by atoms with Gasteiger partial charge in [-0.25, -0.2) is 4.57 Å². The van der Waals surface area contributed by atoms with E-state index in [0.717, 1.165) is 11.5 Å². The summed E-state index contributed by atoms with van der Waals surface area (Å²) in [5, 5.41) is 0. The monoisotopic (exact) mass is 252 g/mol. The van der Waals surface area contributed by atoms with Gasteiger partial charge in [0.05, 0.1) is 13.2 Å². The molecule has 1 aliphatic heterocycles. The largest absolute Gasteiger partial charge is 0.402 e. The van der Waals surface area contributed by atoms with Gasteiger partial charge in [-0.2, -0.15) is 0 Å². The molecular weight excluding hydrogens is 231 g/mol. The molecule has 0 saturated heterocycles. The molecule has 3 heteroatoms. The Morgan fingerprint density at radius 1 is 1.21 bits per heavy atom. The summed E-state index contributed by atoms with van der Waals surface area (Å²) in [4.78, 5) is 2.22. The first-order valence-corrected chi connectivity index (χ1v) is 6.44. The van der Waals surface area contributed by atoms with Crippen LogP contribution in [0.5, 0.6) is 0 Å². The Labute approximate surface area is 119 Å². The minimum Gasteiger partial charge on any atom is -0.287 e. The van der Waals surface area contributed by atoms with Gasteiger partial charge in [0, 0.05) is 15.7 Å². The smallest absolute Gasteiger partial charge is 0.287 e. The Morgan fingerprint density at radius 3 is 2.84 bits per heavy atom. The maximum Gasteiger partial charge on any atom is 0.402 e. The molecule has 2 nitrogen and oxygen atoms in total. The van der Waals surface area contributed by atoms with Gasteiger partial charge < -0.3 is 0 Å². The lowest BCUT2D eigenvalue weighted by Crippen LogP contribution is -2.43. The Hall–Kier alpha value is -2.03. The summed E-state index contributed by atoms with van der Waals surface area (Å²) in [6.07, 6.45) is 3.82. The predicted molar refractivity (Wildman–Crippen MR) is 81.6 cm³/mol. The number of fused-ring (bicyclic) bond motifs is 1. The van der Waals surface area contributed by atoms with Crippen molar-refractivity contribution in [1.29, 1.82) is 0 Å². The molecule has 19 heavy (non-hydrogen) atoms. The quantitative estimate of drug-likeness (QED) is 0.558. The molecule has 3 rings (SSSR count). The van der Waals surface area contributed by atoms with Gasteiger partial charge in [0.25, 0.3) is 5.82 Å². The van der Waals surface area contributed by atoms with Crippen LogP contribution >= 0.6 is 0 Å². The molecular formula is C16H18BN2+. The maximum absolute atomic E-state index is 7.54. The zero-order valence-electron chi connectivity index (χ0n) is 14.2. The second-order valence-corrected chi connectivity index (χ2v) is 4.92. The van der Waals surface area contributed by atoms with Crippen LogP contribution < -0.4 is 9.38 Å². The molecule has 1 aromatic heterocycles. The van der Waals surface area contributed by atoms with Gasteiger partial charge >= 0.3 is 6.85 Å². The van der Waals surface area contributed by atoms with E-state index in [1.54, 1.807) is 12.3 Å². The van der Waals surface area contributed by atoms with Crippen LogP contribution in [-0.2, 0) is 7.05 Å². The predicted octanol–water partition coefficient (Wildman–Crippen LogP) is 3.14. The van der Waals surface area contributed by atoms with Crippen LogP contribution in [0.2, 0.25) is 6.82 Å². The summed E-state index contributed by atoms with van der Waals surface area (Å²) in [6, 6.07) is 11.8. The minimum atomic E-state index is -2.08. The van der Waals surface area contributed by atoms with E-state index in [1.807, 2.05) is 29.8 Å². The van der Waals surface area contributed by atoms with Crippen molar-refractivity contribution in [3.8, 4) is 0 Å². The summed E-state index contributed by atoms with van der Waals surface area (Å²) < 4.78 is 24.5. The highest BCUT2D eigenvalue weighted by Gasteiger charge is 2.32. The van der Waals surface area contributed by atoms with Crippen LogP contribution in [-0.4, -0.2) is 6.85 Å². The van der Waals surface area contributed by atoms with E-state index in [2.05, 4.69) is 35.8 Å². The van der Waals surface area contributed by atoms with Crippen LogP contribution in [0.15, 0.2) is 48.6 Å². The van der Waals surface area contributed by atoms with Crippen molar-refractivity contribution >= 4 is 24.4 Å². The van der Waals surface area contributed by atoms with Crippen molar-refractivity contribution in [2.24, 2.45) is 7.05 Å². The van der Waals surface area contributed by atoms with E-state index in [-0.39, 0.29) is 6.85 Å². The van der Waals surface area contributed by atoms with Gasteiger partial charge in [-0.15, -0.1) is 0 Å². The number of hydrogen-bond acceptors (Lipinski definition) is 1. The molecule has 0 spiro atoms. The molecule has 0 atom stereocenters. The average Bonchev–Trinajstić information content (AvgIpc) is 2.47. The molecule has 2 heterocycles. The number of para-hydroxylation sites is 1. The Kier molecular flexibility index (Phi) is 2.16. The Morgan fingerprint density at radius 2 is 2.05 bits per heavy atom. The molecule has 1 aromatic carbocycles. The van der Waals surface area contributed by atoms with Gasteiger partial charge in [0.1, 0.15) is 5.69 Å². The van der Waals surface area contributed by atoms with Crippen LogP contribution in [0.3, 0.4) is 0 Å². The molecule has 0 unspecified atom stereocenters. The highest BCUT2D eigenvalue weighted by atomic mass is 15.2. The third kappa shape index (κ3) is 2.05. The number of nitrogens with zero attached hydrogens (tertiary/aromatic N) is 2. The second-order valence-electron chi connectivity index (χ2n) is 4.92. The van der Waals surface area contributed by atoms with Gasteiger partial charge in [0.15, 0.2) is 0 Å². The summed E-state index contributed by atoms with van der Waals surface area (Å²) in [7, 11) is 1.89. The van der Waals surface area contributed by atoms with Crippen molar-refractivity contribution in [3.63, 3.8) is 0 Å². The standard InChI is InChI=1S/C16H18BN2/c1-13-8-9-16(18(3)12-13)19-15-7-5-4-6-14(15)10-11-17(19)2/h4-12H,1-3H3/q+1/i1D3. The highest BCUT2D eigenvalue weighted by molar-refractivity contribution is 6.69. The fourth-order valence-electron chi connectivity index (χ4n) is 2.58. The maximum atomic E-state index is 7.54. The van der Waals surface area contributed by atoms with Gasteiger partial charge in [-0.05, 0) is 31.4 Å². The number of benzene rings is 1. The summed E-state index contributed by atoms with van der Waals surface area (Å²) in [6.45, 7) is 0.255. The van der Waals surface area contributed by atoms with E-state index in [1.165, 1.54) is 5.56 Å². The molecule has 0 saturated carbocycles. The van der Waals surface area contributed by atoms with Crippen molar-refractivity contribution in [2.75, 3.05) is 4.81 Å². The normalized spacial score (nSPS) is 16.6. The van der Waals surface area contributed by atoms with Crippen LogP contribution in [0.1, 0.15) is 15.2 Å². The van der Waals surface area contributed by atoms with Crippen molar-refractivity contribution in [1.82, 2.24) is 0 Å². The number of aromatic nitrogens is 1. The third-order valence-electron chi connectivity index (χ3n) is 3.51. The fraction of sp³-hybridized carbons (Fsp3) is 0.188. The minimum absolute atomic E-state index is 0.208. The molecule has 0 N–H and O–H groups in total. The van der Waals surface area contributed by atoms with E-state index in [4.69, 9.17) is 4.11 Å². The lowest BCUT2D eigenvalue weighted by Gasteiger charge is -2.25. The first-order chi connectivity index (χ1) is 10.4. The van der Waals surface area contributed by atoms with Crippen LogP contribution in [0.4, 0.5) is 11.5 Å². The topological polar surface area (TPSA) is 7.12 Å². The SMILES string of the molecule is [2H]C([2H])([2H])c1ccc(N2B(C)C=Cc3ccccc32)[n+](C)c1. The van der Waals surface area contributed by atoms with Crippen molar-refractivity contribution < 1.29 is 8.68 Å². The molecule has 0 amide bonds. The van der Waals surface area contributed by atoms with Gasteiger partial charge in [0.2, 0.25) is 0 Å². The lowest BCUT2D eigenvalue weighted by atomic mass is 9.60. The van der Waals surface area contributed by atoms with Crippen molar-refractivity contribution in [2.45, 2.75) is 13.7 Å². The number of rotatable bonds is 1. The number of anilines is 2. The van der Waals surface area contributed by atoms with E-state index < -0.39 is 6.85 Å². The summed E-state index contributed by atoms with van der Waals surface area (Å²) in [5.41, 5.74) is 2.66. The number of pyridine rings is 1. The fourth-order valence-corrected chi connectivity index (χ4v) is 2.58. The first-order valence-electron chi connectivity index (χ1n) is 7.94. The molecule has 94 valence electrons. The molecule has 2 aromatic rings. The molecule has 0 aliphatic carbocycles. The van der Waals surface area contributed by atoms with Gasteiger partial charge in [-0.3, -0.25) is 4.81 Å². The molecule has 0 fully saturated rings. The lowest BCUT2D eigenvalue weighted by molar-refractivity contribution is -0.658.